The van der Waals surface area contributed by atoms with Gasteiger partial charge in [0.2, 0.25) is 5.91 Å². The molecule has 7 nitrogen and oxygen atoms in total. The number of anilines is 1. The molecule has 1 saturated heterocycles. The minimum absolute atomic E-state index is 0.0180. The number of fused-ring (bicyclic) bond motifs is 3. The zero-order valence-electron chi connectivity index (χ0n) is 21.3. The van der Waals surface area contributed by atoms with E-state index in [9.17, 15) is 14.0 Å². The van der Waals surface area contributed by atoms with Gasteiger partial charge in [-0.3, -0.25) is 4.79 Å². The Kier molecular flexibility index (Phi) is 5.53. The highest BCUT2D eigenvalue weighted by Crippen LogP contribution is 2.57. The van der Waals surface area contributed by atoms with E-state index in [4.69, 9.17) is 21.3 Å². The fraction of sp³-hybridized carbons (Fsp3) is 0.464. The van der Waals surface area contributed by atoms with E-state index in [-0.39, 0.29) is 30.4 Å². The van der Waals surface area contributed by atoms with Crippen LogP contribution in [0.5, 0.6) is 0 Å². The largest absolute Gasteiger partial charge is 0.444 e. The van der Waals surface area contributed by atoms with Crippen LogP contribution in [-0.4, -0.2) is 45.1 Å². The maximum atomic E-state index is 14.2. The molecule has 1 saturated carbocycles. The van der Waals surface area contributed by atoms with Crippen LogP contribution >= 0.6 is 11.6 Å². The van der Waals surface area contributed by atoms with Gasteiger partial charge in [0.25, 0.3) is 0 Å². The predicted molar refractivity (Wildman–Crippen MR) is 139 cm³/mol. The number of imidazole rings is 1. The van der Waals surface area contributed by atoms with E-state index in [0.717, 1.165) is 48.1 Å². The Morgan fingerprint density at radius 2 is 1.89 bits per heavy atom. The van der Waals surface area contributed by atoms with Gasteiger partial charge in [0.05, 0.1) is 28.7 Å². The van der Waals surface area contributed by atoms with Gasteiger partial charge in [-0.2, -0.15) is 0 Å². The third-order valence-corrected chi connectivity index (χ3v) is 7.91. The van der Waals surface area contributed by atoms with Gasteiger partial charge in [-0.25, -0.2) is 14.2 Å². The topological polar surface area (TPSA) is 67.7 Å². The Morgan fingerprint density at radius 3 is 2.57 bits per heavy atom. The van der Waals surface area contributed by atoms with Gasteiger partial charge >= 0.3 is 6.09 Å². The second-order valence-corrected chi connectivity index (χ2v) is 11.8. The number of carbonyl (C=O) groups is 2. The number of aromatic nitrogens is 2. The van der Waals surface area contributed by atoms with Crippen LogP contribution in [0.4, 0.5) is 14.9 Å². The van der Waals surface area contributed by atoms with Crippen LogP contribution in [0, 0.1) is 5.82 Å². The molecule has 194 valence electrons. The zero-order valence-corrected chi connectivity index (χ0v) is 22.0. The summed E-state index contributed by atoms with van der Waals surface area (Å²) < 4.78 is 22.0. The quantitative estimate of drug-likeness (QED) is 0.423. The lowest BCUT2D eigenvalue weighted by Gasteiger charge is -2.35. The van der Waals surface area contributed by atoms with Crippen LogP contribution in [0.25, 0.3) is 11.0 Å². The van der Waals surface area contributed by atoms with Crippen molar-refractivity contribution in [2.24, 2.45) is 0 Å². The van der Waals surface area contributed by atoms with Gasteiger partial charge in [-0.1, -0.05) is 17.7 Å². The minimum atomic E-state index is -0.544. The number of ether oxygens (including phenoxy) is 1. The van der Waals surface area contributed by atoms with E-state index in [2.05, 4.69) is 4.57 Å². The highest BCUT2D eigenvalue weighted by atomic mass is 35.5. The van der Waals surface area contributed by atoms with E-state index >= 15 is 0 Å². The van der Waals surface area contributed by atoms with Crippen molar-refractivity contribution in [3.8, 4) is 0 Å². The van der Waals surface area contributed by atoms with Crippen molar-refractivity contribution >= 4 is 40.3 Å². The summed E-state index contributed by atoms with van der Waals surface area (Å²) in [5, 5.41) is 0.588. The molecule has 3 aliphatic rings. The predicted octanol–water partition coefficient (Wildman–Crippen LogP) is 5.98. The van der Waals surface area contributed by atoms with Gasteiger partial charge in [0.1, 0.15) is 17.2 Å². The third kappa shape index (κ3) is 4.15. The highest BCUT2D eigenvalue weighted by molar-refractivity contribution is 6.31. The van der Waals surface area contributed by atoms with Crippen molar-refractivity contribution in [1.29, 1.82) is 0 Å². The number of benzene rings is 2. The lowest BCUT2D eigenvalue weighted by atomic mass is 9.98. The number of likely N-dealkylation sites (tertiary alicyclic amines) is 1. The van der Waals surface area contributed by atoms with Crippen LogP contribution in [0.15, 0.2) is 36.4 Å². The van der Waals surface area contributed by atoms with Crippen molar-refractivity contribution in [2.45, 2.75) is 70.1 Å². The lowest BCUT2D eigenvalue weighted by Crippen LogP contribution is -2.42. The van der Waals surface area contributed by atoms with Crippen LogP contribution in [-0.2, 0) is 21.5 Å². The van der Waals surface area contributed by atoms with Gasteiger partial charge < -0.3 is 19.1 Å². The van der Waals surface area contributed by atoms with Crippen molar-refractivity contribution in [3.05, 3.63) is 58.6 Å². The molecule has 1 spiro atoms. The monoisotopic (exact) mass is 524 g/mol. The molecule has 0 bridgehead atoms. The van der Waals surface area contributed by atoms with E-state index in [1.807, 2.05) is 39.0 Å². The molecule has 1 aromatic heterocycles. The first-order valence-corrected chi connectivity index (χ1v) is 13.2. The number of hydrogen-bond acceptors (Lipinski definition) is 4. The number of amides is 2. The maximum Gasteiger partial charge on any atom is 0.410 e. The second-order valence-electron chi connectivity index (χ2n) is 11.4. The number of piperidine rings is 1. The fourth-order valence-electron chi connectivity index (χ4n) is 5.80. The molecule has 2 amide bonds. The number of halogens is 2. The molecule has 2 aromatic carbocycles. The van der Waals surface area contributed by atoms with Gasteiger partial charge in [-0.15, -0.1) is 0 Å². The highest BCUT2D eigenvalue weighted by Gasteiger charge is 2.59. The van der Waals surface area contributed by atoms with Crippen molar-refractivity contribution in [3.63, 3.8) is 0 Å². The third-order valence-electron chi connectivity index (χ3n) is 7.68. The normalized spacial score (nSPS) is 19.1. The molecule has 0 radical (unpaired) electrons. The molecule has 37 heavy (non-hydrogen) atoms. The molecule has 0 N–H and O–H groups in total. The van der Waals surface area contributed by atoms with E-state index in [1.165, 1.54) is 12.1 Å². The summed E-state index contributed by atoms with van der Waals surface area (Å²) in [5.41, 5.74) is 2.18. The first kappa shape index (κ1) is 24.2. The first-order valence-electron chi connectivity index (χ1n) is 12.8. The standard InChI is InChI=1S/C28H30ClFN4O3/c1-27(2,3)37-26(36)32-12-8-19(9-13-32)34-22-7-4-17(29)14-21(22)31-24(34)16-33-23-15-18(30)5-6-20(23)28(10-11-28)25(33)35/h4-7,14-15,19H,8-13,16H2,1-3H3. The average Bonchev–Trinajstić information content (AvgIpc) is 3.52. The molecule has 1 aliphatic carbocycles. The molecular formula is C28H30ClFN4O3. The molecule has 6 rings (SSSR count). The summed E-state index contributed by atoms with van der Waals surface area (Å²) in [6, 6.07) is 10.4. The summed E-state index contributed by atoms with van der Waals surface area (Å²) in [5.74, 6) is 0.391. The van der Waals surface area contributed by atoms with Crippen LogP contribution < -0.4 is 4.90 Å². The van der Waals surface area contributed by atoms with E-state index in [1.54, 1.807) is 15.9 Å². The van der Waals surface area contributed by atoms with Crippen molar-refractivity contribution < 1.29 is 18.7 Å². The summed E-state index contributed by atoms with van der Waals surface area (Å²) in [6.07, 6.45) is 2.73. The molecule has 0 atom stereocenters. The number of rotatable bonds is 3. The Morgan fingerprint density at radius 1 is 1.16 bits per heavy atom. The number of nitrogens with zero attached hydrogens (tertiary/aromatic N) is 4. The first-order chi connectivity index (χ1) is 17.6. The summed E-state index contributed by atoms with van der Waals surface area (Å²) >= 11 is 6.28. The van der Waals surface area contributed by atoms with Gasteiger partial charge in [0, 0.05) is 24.2 Å². The molecule has 2 fully saturated rings. The van der Waals surface area contributed by atoms with Crippen molar-refractivity contribution in [1.82, 2.24) is 14.5 Å². The second kappa shape index (κ2) is 8.45. The van der Waals surface area contributed by atoms with E-state index < -0.39 is 11.0 Å². The Bertz CT molecular complexity index is 1420. The van der Waals surface area contributed by atoms with Crippen LogP contribution in [0.1, 0.15) is 63.9 Å². The molecule has 2 aliphatic heterocycles. The summed E-state index contributed by atoms with van der Waals surface area (Å²) in [7, 11) is 0. The fourth-order valence-corrected chi connectivity index (χ4v) is 5.96. The molecule has 3 aromatic rings. The summed E-state index contributed by atoms with van der Waals surface area (Å²) in [4.78, 5) is 34.5. The smallest absolute Gasteiger partial charge is 0.410 e. The minimum Gasteiger partial charge on any atom is -0.444 e. The molecule has 9 heteroatoms. The SMILES string of the molecule is CC(C)(C)OC(=O)N1CCC(n2c(CN3C(=O)C4(CC4)c4ccc(F)cc43)nc3cc(Cl)ccc32)CC1. The number of carbonyl (C=O) groups excluding carboxylic acids is 2. The molecule has 3 heterocycles. The lowest BCUT2D eigenvalue weighted by molar-refractivity contribution is -0.120. The maximum absolute atomic E-state index is 14.2. The Balaban J connectivity index is 1.32. The zero-order chi connectivity index (χ0) is 26.1. The van der Waals surface area contributed by atoms with E-state index in [0.29, 0.717) is 23.8 Å². The van der Waals surface area contributed by atoms with Gasteiger partial charge in [-0.05, 0) is 82.3 Å². The average molecular weight is 525 g/mol. The van der Waals surface area contributed by atoms with Gasteiger partial charge in [0.15, 0.2) is 0 Å². The molecular weight excluding hydrogens is 495 g/mol. The summed E-state index contributed by atoms with van der Waals surface area (Å²) in [6.45, 7) is 6.96. The Labute approximate surface area is 220 Å². The van der Waals surface area contributed by atoms with Crippen molar-refractivity contribution in [2.75, 3.05) is 18.0 Å². The van der Waals surface area contributed by atoms with Crippen LogP contribution in [0.3, 0.4) is 0 Å². The Hall–Kier alpha value is -3.13. The number of hydrogen-bond donors (Lipinski definition) is 0. The van der Waals surface area contributed by atoms with Crippen LogP contribution in [0.2, 0.25) is 5.02 Å². The molecule has 0 unspecified atom stereocenters.